The van der Waals surface area contributed by atoms with Crippen LogP contribution in [0.25, 0.3) is 0 Å². The van der Waals surface area contributed by atoms with Gasteiger partial charge in [-0.1, -0.05) is 30.3 Å². The van der Waals surface area contributed by atoms with Gasteiger partial charge in [0.25, 0.3) is 0 Å². The van der Waals surface area contributed by atoms with Crippen molar-refractivity contribution in [1.82, 2.24) is 12.3 Å². The smallest absolute Gasteiger partial charge is 0 e. The lowest BCUT2D eigenvalue weighted by Crippen LogP contribution is -1.82. The Balaban J connectivity index is 0. The van der Waals surface area contributed by atoms with Crippen molar-refractivity contribution in [3.05, 3.63) is 30.3 Å². The van der Waals surface area contributed by atoms with E-state index in [2.05, 4.69) is 9.24 Å². The maximum Gasteiger partial charge on any atom is 0 e. The minimum atomic E-state index is 0. The summed E-state index contributed by atoms with van der Waals surface area (Å²) in [4.78, 5) is 0. The van der Waals surface area contributed by atoms with Crippen LogP contribution in [0.1, 0.15) is 0 Å². The molecule has 44 valence electrons. The van der Waals surface area contributed by atoms with Crippen molar-refractivity contribution in [2.24, 2.45) is 0 Å². The quantitative estimate of drug-likeness (QED) is 0.473. The maximum absolute atomic E-state index is 4.08. The summed E-state index contributed by atoms with van der Waals surface area (Å²) in [6.45, 7) is 0. The average Bonchev–Trinajstić information content (AvgIpc) is 1.69. The lowest BCUT2D eigenvalue weighted by Gasteiger charge is -1.81. The molecule has 0 heterocycles. The van der Waals surface area contributed by atoms with Crippen molar-refractivity contribution in [1.29, 1.82) is 0 Å². The van der Waals surface area contributed by atoms with E-state index < -0.39 is 0 Å². The number of benzene rings is 1. The highest BCUT2D eigenvalue weighted by atomic mass is 31.0. The Kier molecular flexibility index (Phi) is 7.21. The maximum atomic E-state index is 4.08. The summed E-state index contributed by atoms with van der Waals surface area (Å²) in [5, 5.41) is 1.02. The first-order valence-corrected chi connectivity index (χ1v) is 2.58. The van der Waals surface area contributed by atoms with Gasteiger partial charge in [-0.3, -0.25) is 0 Å². The van der Waals surface area contributed by atoms with Crippen LogP contribution in [-0.2, 0) is 0 Å². The summed E-state index contributed by atoms with van der Waals surface area (Å²) in [5.74, 6) is 0. The Hall–Kier alpha value is -0.430. The summed E-state index contributed by atoms with van der Waals surface area (Å²) in [5.41, 5.74) is 0. The summed E-state index contributed by atoms with van der Waals surface area (Å²) in [7, 11) is 4.08. The van der Waals surface area contributed by atoms with Gasteiger partial charge < -0.3 is 0 Å². The van der Waals surface area contributed by atoms with Crippen LogP contribution in [-0.4, -0.2) is 0 Å². The molecular formula is C6H5N2P. The van der Waals surface area contributed by atoms with Crippen molar-refractivity contribution >= 4 is 14.5 Å². The van der Waals surface area contributed by atoms with Crippen molar-refractivity contribution < 1.29 is 0 Å². The number of hydrogen-bond acceptors (Lipinski definition) is 0. The highest BCUT2D eigenvalue weighted by Gasteiger charge is 1.73. The second-order valence-corrected chi connectivity index (χ2v) is 1.85. The zero-order chi connectivity index (χ0) is 5.11. The molecule has 0 amide bonds. The number of hydrogen-bond donors (Lipinski definition) is 0. The van der Waals surface area contributed by atoms with Crippen molar-refractivity contribution in [3.8, 4) is 0 Å². The Morgan fingerprint density at radius 3 is 1.56 bits per heavy atom. The van der Waals surface area contributed by atoms with E-state index in [1.165, 1.54) is 0 Å². The minimum Gasteiger partial charge on any atom is -0.0622 e. The molecule has 0 aliphatic rings. The van der Waals surface area contributed by atoms with E-state index >= 15 is 0 Å². The molecule has 0 spiro atoms. The Morgan fingerprint density at radius 1 is 0.889 bits per heavy atom. The molecule has 0 aliphatic heterocycles. The van der Waals surface area contributed by atoms with Gasteiger partial charge in [-0.2, -0.15) is 0 Å². The molecule has 0 N–H and O–H groups in total. The summed E-state index contributed by atoms with van der Waals surface area (Å²) < 4.78 is 0. The molecule has 0 saturated heterocycles. The summed E-state index contributed by atoms with van der Waals surface area (Å²) >= 11 is 0. The van der Waals surface area contributed by atoms with E-state index in [-0.39, 0.29) is 12.3 Å². The third-order valence-corrected chi connectivity index (χ3v) is 1.05. The monoisotopic (exact) mass is 136 g/mol. The van der Waals surface area contributed by atoms with Gasteiger partial charge in [-0.25, -0.2) is 0 Å². The van der Waals surface area contributed by atoms with E-state index in [4.69, 9.17) is 0 Å². The predicted molar refractivity (Wildman–Crippen MR) is 37.3 cm³/mol. The molecule has 1 aromatic rings. The topological polar surface area (TPSA) is 61.0 Å². The molecular weight excluding hydrogens is 131 g/mol. The zero-order valence-electron chi connectivity index (χ0n) is 4.73. The molecule has 0 saturated carbocycles. The molecule has 2 nitrogen and oxygen atoms in total. The molecule has 0 bridgehead atoms. The lowest BCUT2D eigenvalue weighted by molar-refractivity contribution is 1.78. The van der Waals surface area contributed by atoms with Gasteiger partial charge in [0.1, 0.15) is 0 Å². The highest BCUT2D eigenvalue weighted by Crippen LogP contribution is 1.86. The minimum absolute atomic E-state index is 0. The third-order valence-electron chi connectivity index (χ3n) is 0.756. The van der Waals surface area contributed by atoms with Crippen LogP contribution >= 0.6 is 9.24 Å². The van der Waals surface area contributed by atoms with Crippen molar-refractivity contribution in [2.45, 2.75) is 0 Å². The molecule has 0 aliphatic carbocycles. The Bertz CT molecular complexity index is 141. The van der Waals surface area contributed by atoms with Gasteiger partial charge >= 0.3 is 0 Å². The number of nitrogens with zero attached hydrogens (tertiary/aromatic N) is 2. The third kappa shape index (κ3) is 4.10. The fourth-order valence-corrected chi connectivity index (χ4v) is 0.600. The first-order valence-electron chi connectivity index (χ1n) is 2.13. The number of rotatable bonds is 0. The molecule has 9 heavy (non-hydrogen) atoms. The fraction of sp³-hybridized carbons (Fsp3) is 0. The second-order valence-electron chi connectivity index (χ2n) is 1.34. The van der Waals surface area contributed by atoms with Gasteiger partial charge in [0.15, 0.2) is 0 Å². The lowest BCUT2D eigenvalue weighted by atomic mass is 10.4. The second kappa shape index (κ2) is 5.70. The van der Waals surface area contributed by atoms with Crippen molar-refractivity contribution in [2.75, 3.05) is 0 Å². The van der Waals surface area contributed by atoms with Crippen LogP contribution < -0.4 is 17.6 Å². The largest absolute Gasteiger partial charge is 0.0622 e. The molecule has 1 rings (SSSR count). The first kappa shape index (κ1) is 11.4. The SMILES string of the molecule is [N].[N].[P]c1ccccc1. The molecule has 0 unspecified atom stereocenters. The van der Waals surface area contributed by atoms with Gasteiger partial charge in [-0.05, 0) is 14.5 Å². The fourth-order valence-electron chi connectivity index (χ4n) is 0.428. The molecule has 1 aromatic carbocycles. The van der Waals surface area contributed by atoms with Crippen molar-refractivity contribution in [3.63, 3.8) is 0 Å². The van der Waals surface area contributed by atoms with Crippen LogP contribution in [0.5, 0.6) is 0 Å². The molecule has 0 aromatic heterocycles. The van der Waals surface area contributed by atoms with E-state index in [9.17, 15) is 0 Å². The van der Waals surface area contributed by atoms with Gasteiger partial charge in [0.2, 0.25) is 0 Å². The predicted octanol–water partition coefficient (Wildman–Crippen LogP) is 0.761. The zero-order valence-corrected chi connectivity index (χ0v) is 5.62. The van der Waals surface area contributed by atoms with E-state index in [0.717, 1.165) is 5.30 Å². The molecule has 0 fully saturated rings. The van der Waals surface area contributed by atoms with Crippen LogP contribution in [0.2, 0.25) is 0 Å². The first-order chi connectivity index (χ1) is 3.39. The summed E-state index contributed by atoms with van der Waals surface area (Å²) in [6, 6.07) is 9.79. The summed E-state index contributed by atoms with van der Waals surface area (Å²) in [6.07, 6.45) is 0. The Labute approximate surface area is 58.0 Å². The van der Waals surface area contributed by atoms with Crippen LogP contribution in [0, 0.1) is 0 Å². The van der Waals surface area contributed by atoms with E-state index in [0.29, 0.717) is 0 Å². The average molecular weight is 136 g/mol. The standard InChI is InChI=1S/C6H5P.2N/c7-6-4-2-1-3-5-6;;/h1-5H;;. The van der Waals surface area contributed by atoms with Crippen LogP contribution in [0.4, 0.5) is 0 Å². The van der Waals surface area contributed by atoms with Crippen LogP contribution in [0.15, 0.2) is 30.3 Å². The van der Waals surface area contributed by atoms with Gasteiger partial charge in [0.05, 0.1) is 0 Å². The Morgan fingerprint density at radius 2 is 1.33 bits per heavy atom. The normalized spacial score (nSPS) is 6.78. The molecule has 3 heteroatoms. The van der Waals surface area contributed by atoms with E-state index in [1.807, 2.05) is 30.3 Å². The van der Waals surface area contributed by atoms with Gasteiger partial charge in [0, 0.05) is 12.3 Å². The van der Waals surface area contributed by atoms with Crippen LogP contribution in [0.3, 0.4) is 0 Å². The van der Waals surface area contributed by atoms with Gasteiger partial charge in [-0.15, -0.1) is 0 Å². The van der Waals surface area contributed by atoms with E-state index in [1.54, 1.807) is 0 Å². The molecule has 8 radical (unpaired) electrons. The molecule has 0 atom stereocenters. The highest BCUT2D eigenvalue weighted by molar-refractivity contribution is 7.27.